The van der Waals surface area contributed by atoms with Crippen LogP contribution in [0, 0.1) is 0 Å². The summed E-state index contributed by atoms with van der Waals surface area (Å²) in [5, 5.41) is 3.96. The predicted molar refractivity (Wildman–Crippen MR) is 113 cm³/mol. The summed E-state index contributed by atoms with van der Waals surface area (Å²) in [6.07, 6.45) is 7.60. The monoisotopic (exact) mass is 382 g/mol. The minimum atomic E-state index is -0.426. The second-order valence-corrected chi connectivity index (χ2v) is 7.51. The van der Waals surface area contributed by atoms with Gasteiger partial charge in [0.15, 0.2) is 0 Å². The summed E-state index contributed by atoms with van der Waals surface area (Å²) in [7, 11) is 0. The average molecular weight is 383 g/mol. The molecular weight excluding hydrogens is 356 g/mol. The van der Waals surface area contributed by atoms with Crippen LogP contribution in [-0.4, -0.2) is 18.5 Å². The van der Waals surface area contributed by atoms with Gasteiger partial charge in [0.1, 0.15) is 6.04 Å². The van der Waals surface area contributed by atoms with Gasteiger partial charge in [-0.25, -0.2) is 0 Å². The quantitative estimate of drug-likeness (QED) is 0.639. The van der Waals surface area contributed by atoms with Crippen LogP contribution in [0.1, 0.15) is 43.7 Å². The number of hydrogen-bond acceptors (Lipinski definition) is 2. The van der Waals surface area contributed by atoms with Crippen molar-refractivity contribution in [3.63, 3.8) is 0 Å². The van der Waals surface area contributed by atoms with E-state index in [1.807, 2.05) is 60.7 Å². The number of amides is 1. The number of hydrogen-bond donors (Lipinski definition) is 1. The molecule has 0 heterocycles. The van der Waals surface area contributed by atoms with Crippen LogP contribution in [0.25, 0.3) is 0 Å². The van der Waals surface area contributed by atoms with Crippen molar-refractivity contribution in [2.45, 2.75) is 44.2 Å². The van der Waals surface area contributed by atoms with Crippen LogP contribution in [0.15, 0.2) is 67.3 Å². The number of nitrogens with zero attached hydrogens (tertiary/aromatic N) is 1. The lowest BCUT2D eigenvalue weighted by molar-refractivity contribution is -0.123. The average Bonchev–Trinajstić information content (AvgIpc) is 2.70. The number of benzene rings is 2. The van der Waals surface area contributed by atoms with E-state index in [-0.39, 0.29) is 11.9 Å². The minimum absolute atomic E-state index is 0.0370. The molecule has 1 atom stereocenters. The van der Waals surface area contributed by atoms with Crippen molar-refractivity contribution in [3.05, 3.63) is 77.8 Å². The van der Waals surface area contributed by atoms with Gasteiger partial charge in [0.2, 0.25) is 5.91 Å². The Bertz CT molecular complexity index is 739. The molecule has 3 nitrogen and oxygen atoms in total. The highest BCUT2D eigenvalue weighted by atomic mass is 35.5. The molecule has 0 saturated heterocycles. The fourth-order valence-electron chi connectivity index (χ4n) is 3.76. The van der Waals surface area contributed by atoms with Crippen LogP contribution in [0.4, 0.5) is 5.69 Å². The summed E-state index contributed by atoms with van der Waals surface area (Å²) < 4.78 is 0. The lowest BCUT2D eigenvalue weighted by Crippen LogP contribution is -2.45. The van der Waals surface area contributed by atoms with E-state index < -0.39 is 6.04 Å². The summed E-state index contributed by atoms with van der Waals surface area (Å²) in [5.41, 5.74) is 1.93. The van der Waals surface area contributed by atoms with E-state index in [0.29, 0.717) is 11.6 Å². The Hall–Kier alpha value is -2.26. The first-order chi connectivity index (χ1) is 13.2. The van der Waals surface area contributed by atoms with Crippen LogP contribution >= 0.6 is 11.6 Å². The number of carbonyl (C=O) groups excluding carboxylic acids is 1. The lowest BCUT2D eigenvalue weighted by Gasteiger charge is -2.34. The van der Waals surface area contributed by atoms with E-state index in [1.165, 1.54) is 19.3 Å². The minimum Gasteiger partial charge on any atom is -0.352 e. The lowest BCUT2D eigenvalue weighted by atomic mass is 9.94. The first-order valence-electron chi connectivity index (χ1n) is 9.67. The van der Waals surface area contributed by atoms with Crippen LogP contribution in [0.3, 0.4) is 0 Å². The van der Waals surface area contributed by atoms with E-state index >= 15 is 0 Å². The number of anilines is 1. The molecule has 1 amide bonds. The molecule has 27 heavy (non-hydrogen) atoms. The molecule has 0 aromatic heterocycles. The molecule has 4 heteroatoms. The maximum atomic E-state index is 13.4. The molecule has 0 spiro atoms. The Labute approximate surface area is 167 Å². The highest BCUT2D eigenvalue weighted by Crippen LogP contribution is 2.29. The fourth-order valence-corrected chi connectivity index (χ4v) is 3.89. The number of para-hydroxylation sites is 1. The first kappa shape index (κ1) is 19.5. The maximum Gasteiger partial charge on any atom is 0.247 e. The molecule has 3 rings (SSSR count). The molecule has 0 aliphatic heterocycles. The van der Waals surface area contributed by atoms with Gasteiger partial charge >= 0.3 is 0 Å². The van der Waals surface area contributed by atoms with Gasteiger partial charge in [-0.2, -0.15) is 0 Å². The molecule has 1 fully saturated rings. The van der Waals surface area contributed by atoms with Crippen molar-refractivity contribution >= 4 is 23.2 Å². The second kappa shape index (κ2) is 9.61. The zero-order valence-corrected chi connectivity index (χ0v) is 16.4. The Balaban J connectivity index is 1.93. The number of nitrogens with one attached hydrogen (secondary N) is 1. The smallest absolute Gasteiger partial charge is 0.247 e. The molecule has 1 aliphatic rings. The van der Waals surface area contributed by atoms with E-state index in [4.69, 9.17) is 11.6 Å². The number of carbonyl (C=O) groups is 1. The molecule has 0 bridgehead atoms. The topological polar surface area (TPSA) is 32.3 Å². The van der Waals surface area contributed by atoms with Gasteiger partial charge in [-0.15, -0.1) is 6.58 Å². The van der Waals surface area contributed by atoms with Crippen molar-refractivity contribution in [1.82, 2.24) is 5.32 Å². The van der Waals surface area contributed by atoms with Crippen molar-refractivity contribution in [2.24, 2.45) is 0 Å². The van der Waals surface area contributed by atoms with Gasteiger partial charge in [-0.05, 0) is 42.7 Å². The molecule has 0 unspecified atom stereocenters. The standard InChI is InChI=1S/C23H27ClN2O/c1-2-17-26(21-11-7-4-8-12-21)22(18-13-15-19(24)16-14-18)23(27)25-20-9-5-3-6-10-20/h2,4,7-8,11-16,20,22H,1,3,5-6,9-10,17H2,(H,25,27)/t22-/m0/s1. The Morgan fingerprint density at radius 1 is 1.11 bits per heavy atom. The predicted octanol–water partition coefficient (Wildman–Crippen LogP) is 5.52. The number of rotatable bonds is 7. The fraction of sp³-hybridized carbons (Fsp3) is 0.348. The summed E-state index contributed by atoms with van der Waals surface area (Å²) in [4.78, 5) is 15.5. The van der Waals surface area contributed by atoms with Crippen molar-refractivity contribution in [3.8, 4) is 0 Å². The third-order valence-corrected chi connectivity index (χ3v) is 5.36. The molecule has 1 aliphatic carbocycles. The Kier molecular flexibility index (Phi) is 6.94. The van der Waals surface area contributed by atoms with Gasteiger partial charge in [-0.3, -0.25) is 4.79 Å². The van der Waals surface area contributed by atoms with E-state index in [2.05, 4.69) is 16.8 Å². The van der Waals surface area contributed by atoms with E-state index in [0.717, 1.165) is 24.1 Å². The van der Waals surface area contributed by atoms with Crippen molar-refractivity contribution < 1.29 is 4.79 Å². The van der Waals surface area contributed by atoms with Gasteiger partial charge in [-0.1, -0.05) is 67.3 Å². The molecule has 1 N–H and O–H groups in total. The first-order valence-corrected chi connectivity index (χ1v) is 10.1. The third-order valence-electron chi connectivity index (χ3n) is 5.11. The highest BCUT2D eigenvalue weighted by Gasteiger charge is 2.29. The summed E-state index contributed by atoms with van der Waals surface area (Å²) in [6.45, 7) is 4.48. The summed E-state index contributed by atoms with van der Waals surface area (Å²) >= 11 is 6.08. The van der Waals surface area contributed by atoms with Gasteiger partial charge < -0.3 is 10.2 Å². The SMILES string of the molecule is C=CCN(c1ccccc1)[C@H](C(=O)NC1CCCCC1)c1ccc(Cl)cc1. The molecular formula is C23H27ClN2O. The van der Waals surface area contributed by atoms with E-state index in [9.17, 15) is 4.79 Å². The highest BCUT2D eigenvalue weighted by molar-refractivity contribution is 6.30. The van der Waals surface area contributed by atoms with Crippen LogP contribution < -0.4 is 10.2 Å². The van der Waals surface area contributed by atoms with Crippen LogP contribution in [-0.2, 0) is 4.79 Å². The van der Waals surface area contributed by atoms with E-state index in [1.54, 1.807) is 0 Å². The summed E-state index contributed by atoms with van der Waals surface area (Å²) in [6, 6.07) is 17.4. The molecule has 2 aromatic rings. The second-order valence-electron chi connectivity index (χ2n) is 7.07. The van der Waals surface area contributed by atoms with Crippen molar-refractivity contribution in [2.75, 3.05) is 11.4 Å². The maximum absolute atomic E-state index is 13.4. The van der Waals surface area contributed by atoms with Gasteiger partial charge in [0.05, 0.1) is 0 Å². The zero-order valence-electron chi connectivity index (χ0n) is 15.6. The summed E-state index contributed by atoms with van der Waals surface area (Å²) in [5.74, 6) is 0.0370. The zero-order chi connectivity index (χ0) is 19.1. The Morgan fingerprint density at radius 3 is 2.41 bits per heavy atom. The van der Waals surface area contributed by atoms with Gasteiger partial charge in [0, 0.05) is 23.3 Å². The Morgan fingerprint density at radius 2 is 1.78 bits per heavy atom. The van der Waals surface area contributed by atoms with Crippen molar-refractivity contribution in [1.29, 1.82) is 0 Å². The molecule has 0 radical (unpaired) electrons. The van der Waals surface area contributed by atoms with Crippen LogP contribution in [0.2, 0.25) is 5.02 Å². The van der Waals surface area contributed by atoms with Crippen LogP contribution in [0.5, 0.6) is 0 Å². The normalized spacial score (nSPS) is 15.7. The molecule has 142 valence electrons. The largest absolute Gasteiger partial charge is 0.352 e. The molecule has 1 saturated carbocycles. The molecule has 2 aromatic carbocycles. The van der Waals surface area contributed by atoms with Gasteiger partial charge in [0.25, 0.3) is 0 Å². The number of halogens is 1. The third kappa shape index (κ3) is 5.14.